The van der Waals surface area contributed by atoms with Gasteiger partial charge in [-0.2, -0.15) is 4.98 Å². The second-order valence-corrected chi connectivity index (χ2v) is 5.09. The summed E-state index contributed by atoms with van der Waals surface area (Å²) in [6.45, 7) is 3.97. The molecule has 3 rings (SSSR count). The molecule has 1 aromatic heterocycles. The van der Waals surface area contributed by atoms with Gasteiger partial charge in [-0.05, 0) is 18.5 Å². The quantitative estimate of drug-likeness (QED) is 0.583. The maximum absolute atomic E-state index is 5.95. The third-order valence-corrected chi connectivity index (χ3v) is 3.64. The van der Waals surface area contributed by atoms with Gasteiger partial charge in [0.1, 0.15) is 12.3 Å². The molecular weight excluding hydrogens is 277 g/mol. The lowest BCUT2D eigenvalue weighted by atomic mass is 10.1. The molecule has 2 aliphatic heterocycles. The molecule has 0 spiro atoms. The van der Waals surface area contributed by atoms with Gasteiger partial charge < -0.3 is 14.4 Å². The van der Waals surface area contributed by atoms with E-state index in [1.807, 2.05) is 0 Å². The Labute approximate surface area is 115 Å². The van der Waals surface area contributed by atoms with E-state index in [1.165, 1.54) is 0 Å². The number of ether oxygens (including phenoxy) is 2. The van der Waals surface area contributed by atoms with Crippen molar-refractivity contribution in [2.24, 2.45) is 0 Å². The Bertz CT molecular complexity index is 472. The van der Waals surface area contributed by atoms with Gasteiger partial charge in [-0.1, -0.05) is 0 Å². The maximum atomic E-state index is 5.95. The Balaban J connectivity index is 2.09. The van der Waals surface area contributed by atoms with Crippen LogP contribution >= 0.6 is 23.2 Å². The molecular formula is C11H13Cl2N3O2. The summed E-state index contributed by atoms with van der Waals surface area (Å²) in [5, 5.41) is 0.201. The molecule has 2 atom stereocenters. The van der Waals surface area contributed by atoms with Crippen molar-refractivity contribution in [2.75, 3.05) is 24.7 Å². The minimum Gasteiger partial charge on any atom is -0.486 e. The minimum atomic E-state index is 0.176. The average molecular weight is 290 g/mol. The summed E-state index contributed by atoms with van der Waals surface area (Å²) in [5.74, 6) is 1.64. The van der Waals surface area contributed by atoms with Crippen molar-refractivity contribution in [3.8, 4) is 5.75 Å². The zero-order valence-corrected chi connectivity index (χ0v) is 11.4. The van der Waals surface area contributed by atoms with Crippen molar-refractivity contribution in [1.29, 1.82) is 0 Å². The normalized spacial score (nSPS) is 26.3. The zero-order chi connectivity index (χ0) is 12.7. The molecule has 1 fully saturated rings. The highest BCUT2D eigenvalue weighted by Gasteiger charge is 2.37. The molecule has 0 N–H and O–H groups in total. The molecule has 1 saturated heterocycles. The van der Waals surface area contributed by atoms with Crippen molar-refractivity contribution in [3.05, 3.63) is 11.0 Å². The smallest absolute Gasteiger partial charge is 0.224 e. The Morgan fingerprint density at radius 2 is 2.17 bits per heavy atom. The fourth-order valence-electron chi connectivity index (χ4n) is 2.45. The Hall–Kier alpha value is -0.780. The summed E-state index contributed by atoms with van der Waals surface area (Å²) in [6.07, 6.45) is 0. The van der Waals surface area contributed by atoms with Crippen LogP contribution in [0.5, 0.6) is 5.75 Å². The number of rotatable bonds is 1. The minimum absolute atomic E-state index is 0.176. The van der Waals surface area contributed by atoms with Crippen LogP contribution in [0.1, 0.15) is 12.6 Å². The van der Waals surface area contributed by atoms with E-state index < -0.39 is 0 Å². The fraction of sp³-hybridized carbons (Fsp3) is 0.636. The van der Waals surface area contributed by atoms with E-state index >= 15 is 0 Å². The molecule has 1 aromatic rings. The molecule has 0 saturated carbocycles. The highest BCUT2D eigenvalue weighted by molar-refractivity contribution is 6.28. The number of alkyl halides is 1. The summed E-state index contributed by atoms with van der Waals surface area (Å²) in [7, 11) is 0. The maximum Gasteiger partial charge on any atom is 0.224 e. The largest absolute Gasteiger partial charge is 0.486 e. The van der Waals surface area contributed by atoms with E-state index in [0.717, 1.165) is 5.82 Å². The number of anilines is 1. The second-order valence-electron chi connectivity index (χ2n) is 4.48. The average Bonchev–Trinajstić information content (AvgIpc) is 2.37. The number of hydrogen-bond donors (Lipinski definition) is 0. The van der Waals surface area contributed by atoms with Gasteiger partial charge in [0.2, 0.25) is 5.28 Å². The fourth-order valence-corrected chi connectivity index (χ4v) is 2.82. The highest BCUT2D eigenvalue weighted by Crippen LogP contribution is 2.38. The topological polar surface area (TPSA) is 47.5 Å². The predicted octanol–water partition coefficient (Wildman–Crippen LogP) is 1.85. The van der Waals surface area contributed by atoms with E-state index in [2.05, 4.69) is 21.8 Å². The molecule has 3 heterocycles. The molecule has 5 nitrogen and oxygen atoms in total. The third kappa shape index (κ3) is 1.90. The van der Waals surface area contributed by atoms with Crippen LogP contribution in [0.2, 0.25) is 5.28 Å². The van der Waals surface area contributed by atoms with E-state index in [1.54, 1.807) is 0 Å². The van der Waals surface area contributed by atoms with Gasteiger partial charge >= 0.3 is 0 Å². The van der Waals surface area contributed by atoms with Gasteiger partial charge in [0.05, 0.1) is 31.2 Å². The van der Waals surface area contributed by atoms with Crippen molar-refractivity contribution in [2.45, 2.75) is 24.9 Å². The summed E-state index contributed by atoms with van der Waals surface area (Å²) < 4.78 is 11.3. The Morgan fingerprint density at radius 1 is 1.33 bits per heavy atom. The molecule has 7 heteroatoms. The SMILES string of the molecule is C[C@@H]1COC[C@H]2COc3c(CCl)nc(Cl)nc3N21. The molecule has 2 aliphatic rings. The van der Waals surface area contributed by atoms with Crippen molar-refractivity contribution < 1.29 is 9.47 Å². The Morgan fingerprint density at radius 3 is 2.94 bits per heavy atom. The van der Waals surface area contributed by atoms with Gasteiger partial charge in [0, 0.05) is 0 Å². The lowest BCUT2D eigenvalue weighted by Crippen LogP contribution is -2.56. The van der Waals surface area contributed by atoms with Gasteiger partial charge in [-0.3, -0.25) is 0 Å². The molecule has 0 bridgehead atoms. The van der Waals surface area contributed by atoms with Crippen LogP contribution in [-0.4, -0.2) is 41.9 Å². The molecule has 0 radical (unpaired) electrons. The van der Waals surface area contributed by atoms with Gasteiger partial charge in [0.25, 0.3) is 0 Å². The number of morpholine rings is 1. The van der Waals surface area contributed by atoms with E-state index in [4.69, 9.17) is 32.7 Å². The van der Waals surface area contributed by atoms with Crippen molar-refractivity contribution in [1.82, 2.24) is 9.97 Å². The summed E-state index contributed by atoms with van der Waals surface area (Å²) in [6, 6.07) is 0.413. The van der Waals surface area contributed by atoms with Crippen LogP contribution in [0.4, 0.5) is 5.82 Å². The molecule has 0 amide bonds. The van der Waals surface area contributed by atoms with Crippen LogP contribution in [0.3, 0.4) is 0 Å². The van der Waals surface area contributed by atoms with E-state index in [0.29, 0.717) is 31.3 Å². The standard InChI is InChI=1S/C11H13Cl2N3O2/c1-6-3-17-4-7-5-18-9-8(2-12)14-11(13)15-10(9)16(6)7/h6-7H,2-5H2,1H3/t6-,7+/m1/s1. The van der Waals surface area contributed by atoms with Gasteiger partial charge in [0.15, 0.2) is 11.6 Å². The Kier molecular flexibility index (Phi) is 3.21. The van der Waals surface area contributed by atoms with Crippen LogP contribution in [0.15, 0.2) is 0 Å². The molecule has 0 aliphatic carbocycles. The number of aromatic nitrogens is 2. The van der Waals surface area contributed by atoms with Crippen LogP contribution < -0.4 is 9.64 Å². The summed E-state index contributed by atoms with van der Waals surface area (Å²) in [4.78, 5) is 10.6. The first-order valence-electron chi connectivity index (χ1n) is 5.82. The molecule has 18 heavy (non-hydrogen) atoms. The second kappa shape index (κ2) is 4.72. The van der Waals surface area contributed by atoms with Crippen LogP contribution in [0, 0.1) is 0 Å². The molecule has 0 unspecified atom stereocenters. The van der Waals surface area contributed by atoms with Gasteiger partial charge in [-0.25, -0.2) is 4.98 Å². The number of hydrogen-bond acceptors (Lipinski definition) is 5. The van der Waals surface area contributed by atoms with Crippen LogP contribution in [-0.2, 0) is 10.6 Å². The monoisotopic (exact) mass is 289 g/mol. The first-order chi connectivity index (χ1) is 8.70. The lowest BCUT2D eigenvalue weighted by Gasteiger charge is -2.44. The zero-order valence-electron chi connectivity index (χ0n) is 9.90. The number of nitrogens with zero attached hydrogens (tertiary/aromatic N) is 3. The lowest BCUT2D eigenvalue weighted by molar-refractivity contribution is 0.0484. The number of fused-ring (bicyclic) bond motifs is 3. The van der Waals surface area contributed by atoms with Crippen molar-refractivity contribution in [3.63, 3.8) is 0 Å². The summed E-state index contributed by atoms with van der Waals surface area (Å²) >= 11 is 11.8. The molecule has 0 aromatic carbocycles. The number of halogens is 2. The predicted molar refractivity (Wildman–Crippen MR) is 68.6 cm³/mol. The van der Waals surface area contributed by atoms with E-state index in [-0.39, 0.29) is 23.2 Å². The first kappa shape index (κ1) is 12.3. The van der Waals surface area contributed by atoms with Crippen molar-refractivity contribution >= 4 is 29.0 Å². The summed E-state index contributed by atoms with van der Waals surface area (Å²) in [5.41, 5.74) is 0.642. The third-order valence-electron chi connectivity index (χ3n) is 3.22. The van der Waals surface area contributed by atoms with Gasteiger partial charge in [-0.15, -0.1) is 11.6 Å². The van der Waals surface area contributed by atoms with Crippen LogP contribution in [0.25, 0.3) is 0 Å². The highest BCUT2D eigenvalue weighted by atomic mass is 35.5. The molecule has 98 valence electrons. The first-order valence-corrected chi connectivity index (χ1v) is 6.73. The van der Waals surface area contributed by atoms with E-state index in [9.17, 15) is 0 Å².